The van der Waals surface area contributed by atoms with Gasteiger partial charge in [-0.1, -0.05) is 12.1 Å². The fraction of sp³-hybridized carbons (Fsp3) is 0.450. The number of hydrogen-bond donors (Lipinski definition) is 2. The molecule has 1 aromatic carbocycles. The topological polar surface area (TPSA) is 94.5 Å². The Kier molecular flexibility index (Phi) is 8.17. The first kappa shape index (κ1) is 20.3. The predicted molar refractivity (Wildman–Crippen MR) is 102 cm³/mol. The van der Waals surface area contributed by atoms with E-state index in [1.54, 1.807) is 7.11 Å². The molecule has 0 spiro atoms. The molecule has 1 aliphatic heterocycles. The van der Waals surface area contributed by atoms with Crippen LogP contribution in [-0.2, 0) is 16.0 Å². The van der Waals surface area contributed by atoms with Crippen LogP contribution in [0.5, 0.6) is 5.75 Å². The van der Waals surface area contributed by atoms with Gasteiger partial charge in [0, 0.05) is 38.8 Å². The maximum atomic E-state index is 12.0. The van der Waals surface area contributed by atoms with Crippen molar-refractivity contribution in [2.24, 2.45) is 0 Å². The normalized spacial score (nSPS) is 14.0. The van der Waals surface area contributed by atoms with Gasteiger partial charge in [0.2, 0.25) is 5.91 Å². The van der Waals surface area contributed by atoms with Gasteiger partial charge in [-0.2, -0.15) is 5.26 Å². The number of nitrogens with one attached hydrogen (secondary N) is 2. The molecule has 2 amide bonds. The van der Waals surface area contributed by atoms with Gasteiger partial charge in [0.05, 0.1) is 7.11 Å². The molecule has 144 valence electrons. The van der Waals surface area contributed by atoms with Crippen molar-refractivity contribution in [3.8, 4) is 11.8 Å². The summed E-state index contributed by atoms with van der Waals surface area (Å²) in [6.07, 6.45) is 4.40. The van der Waals surface area contributed by atoms with Crippen molar-refractivity contribution in [1.29, 1.82) is 5.26 Å². The van der Waals surface area contributed by atoms with Crippen LogP contribution >= 0.6 is 0 Å². The lowest BCUT2D eigenvalue weighted by molar-refractivity contribution is -0.127. The number of benzene rings is 1. The van der Waals surface area contributed by atoms with Crippen molar-refractivity contribution < 1.29 is 14.3 Å². The molecule has 0 unspecified atom stereocenters. The monoisotopic (exact) mass is 370 g/mol. The first-order chi connectivity index (χ1) is 13.1. The number of ether oxygens (including phenoxy) is 1. The van der Waals surface area contributed by atoms with Gasteiger partial charge in [0.1, 0.15) is 17.4 Å². The Morgan fingerprint density at radius 3 is 2.96 bits per heavy atom. The molecule has 1 saturated heterocycles. The highest BCUT2D eigenvalue weighted by Gasteiger charge is 2.19. The molecule has 0 atom stereocenters. The minimum Gasteiger partial charge on any atom is -0.497 e. The molecule has 7 nitrogen and oxygen atoms in total. The van der Waals surface area contributed by atoms with Crippen molar-refractivity contribution in [1.82, 2.24) is 15.5 Å². The lowest BCUT2D eigenvalue weighted by atomic mass is 10.1. The summed E-state index contributed by atoms with van der Waals surface area (Å²) in [6.45, 7) is 2.48. The molecule has 1 aromatic rings. The van der Waals surface area contributed by atoms with Gasteiger partial charge < -0.3 is 20.3 Å². The molecule has 0 radical (unpaired) electrons. The largest absolute Gasteiger partial charge is 0.497 e. The van der Waals surface area contributed by atoms with Crippen LogP contribution in [0.3, 0.4) is 0 Å². The van der Waals surface area contributed by atoms with Crippen LogP contribution < -0.4 is 15.4 Å². The zero-order valence-electron chi connectivity index (χ0n) is 15.7. The molecular weight excluding hydrogens is 344 g/mol. The number of nitriles is 1. The average Bonchev–Trinajstić information content (AvgIpc) is 3.10. The van der Waals surface area contributed by atoms with E-state index in [0.717, 1.165) is 30.7 Å². The molecular formula is C20H26N4O3. The van der Waals surface area contributed by atoms with Gasteiger partial charge in [0.25, 0.3) is 5.91 Å². The van der Waals surface area contributed by atoms with Gasteiger partial charge in [-0.05, 0) is 37.0 Å². The summed E-state index contributed by atoms with van der Waals surface area (Å²) >= 11 is 0. The molecule has 1 heterocycles. The van der Waals surface area contributed by atoms with E-state index >= 15 is 0 Å². The third-order valence-corrected chi connectivity index (χ3v) is 4.37. The van der Waals surface area contributed by atoms with Gasteiger partial charge in [0.15, 0.2) is 0 Å². The van der Waals surface area contributed by atoms with Crippen molar-refractivity contribution in [2.75, 3.05) is 33.3 Å². The maximum absolute atomic E-state index is 12.0. The number of methoxy groups -OCH3 is 1. The first-order valence-corrected chi connectivity index (χ1v) is 9.16. The van der Waals surface area contributed by atoms with Crippen LogP contribution in [0.25, 0.3) is 0 Å². The molecule has 2 rings (SSSR count). The summed E-state index contributed by atoms with van der Waals surface area (Å²) < 4.78 is 5.18. The van der Waals surface area contributed by atoms with Crippen molar-refractivity contribution >= 4 is 11.8 Å². The Morgan fingerprint density at radius 1 is 1.41 bits per heavy atom. The van der Waals surface area contributed by atoms with E-state index < -0.39 is 5.91 Å². The number of nitrogens with zero attached hydrogens (tertiary/aromatic N) is 2. The number of likely N-dealkylation sites (tertiary alicyclic amines) is 1. The summed E-state index contributed by atoms with van der Waals surface area (Å²) in [5.41, 5.74) is 1.15. The SMILES string of the molecule is COc1cccc(CCN/C=C(/C#N)C(=O)NCCCN2CCCC2=O)c1. The van der Waals surface area contributed by atoms with Gasteiger partial charge in [-0.3, -0.25) is 9.59 Å². The standard InChI is InChI=1S/C20H26N4O3/c1-27-18-6-2-5-16(13-18)8-10-22-15-17(14-21)20(26)23-9-4-12-24-11-3-7-19(24)25/h2,5-6,13,15,22H,3-4,7-12H2,1H3,(H,23,26)/b17-15-. The summed E-state index contributed by atoms with van der Waals surface area (Å²) in [4.78, 5) is 25.4. The minimum absolute atomic E-state index is 0.0397. The molecule has 2 N–H and O–H groups in total. The highest BCUT2D eigenvalue weighted by Crippen LogP contribution is 2.12. The van der Waals surface area contributed by atoms with Crippen LogP contribution in [0.15, 0.2) is 36.0 Å². The van der Waals surface area contributed by atoms with E-state index in [2.05, 4.69) is 10.6 Å². The van der Waals surface area contributed by atoms with Crippen LogP contribution in [-0.4, -0.2) is 50.0 Å². The molecule has 7 heteroatoms. The fourth-order valence-corrected chi connectivity index (χ4v) is 2.87. The van der Waals surface area contributed by atoms with E-state index in [1.807, 2.05) is 35.2 Å². The summed E-state index contributed by atoms with van der Waals surface area (Å²) in [6, 6.07) is 9.67. The van der Waals surface area contributed by atoms with E-state index in [9.17, 15) is 9.59 Å². The number of rotatable bonds is 10. The number of carbonyl (C=O) groups excluding carboxylic acids is 2. The lowest BCUT2D eigenvalue weighted by Crippen LogP contribution is -2.31. The fourth-order valence-electron chi connectivity index (χ4n) is 2.87. The lowest BCUT2D eigenvalue weighted by Gasteiger charge is -2.15. The highest BCUT2D eigenvalue weighted by atomic mass is 16.5. The van der Waals surface area contributed by atoms with Crippen LogP contribution in [0.4, 0.5) is 0 Å². The van der Waals surface area contributed by atoms with E-state index in [0.29, 0.717) is 32.5 Å². The summed E-state index contributed by atoms with van der Waals surface area (Å²) in [5.74, 6) is 0.578. The van der Waals surface area contributed by atoms with Crippen molar-refractivity contribution in [2.45, 2.75) is 25.7 Å². The van der Waals surface area contributed by atoms with Crippen LogP contribution in [0.1, 0.15) is 24.8 Å². The number of carbonyl (C=O) groups is 2. The third kappa shape index (κ3) is 6.66. The minimum atomic E-state index is -0.404. The third-order valence-electron chi connectivity index (χ3n) is 4.37. The molecule has 0 saturated carbocycles. The summed E-state index contributed by atoms with van der Waals surface area (Å²) in [7, 11) is 1.63. The molecule has 0 bridgehead atoms. The predicted octanol–water partition coefficient (Wildman–Crippen LogP) is 1.36. The molecule has 0 aromatic heterocycles. The highest BCUT2D eigenvalue weighted by molar-refractivity contribution is 5.97. The Morgan fingerprint density at radius 2 is 2.26 bits per heavy atom. The zero-order chi connectivity index (χ0) is 19.5. The molecule has 1 fully saturated rings. The second-order valence-electron chi connectivity index (χ2n) is 6.32. The molecule has 27 heavy (non-hydrogen) atoms. The average molecular weight is 370 g/mol. The van der Waals surface area contributed by atoms with Crippen LogP contribution in [0.2, 0.25) is 0 Å². The summed E-state index contributed by atoms with van der Waals surface area (Å²) in [5, 5.41) is 14.9. The van der Waals surface area contributed by atoms with Gasteiger partial charge in [-0.25, -0.2) is 0 Å². The Labute approximate surface area is 160 Å². The Balaban J connectivity index is 1.68. The Hall–Kier alpha value is -3.01. The van der Waals surface area contributed by atoms with E-state index in [4.69, 9.17) is 10.00 Å². The van der Waals surface area contributed by atoms with Crippen LogP contribution in [0, 0.1) is 11.3 Å². The first-order valence-electron chi connectivity index (χ1n) is 9.16. The second kappa shape index (κ2) is 10.9. The second-order valence-corrected chi connectivity index (χ2v) is 6.32. The van der Waals surface area contributed by atoms with E-state index in [1.165, 1.54) is 6.20 Å². The van der Waals surface area contributed by atoms with Crippen molar-refractivity contribution in [3.63, 3.8) is 0 Å². The molecule has 0 aliphatic carbocycles. The smallest absolute Gasteiger partial charge is 0.263 e. The van der Waals surface area contributed by atoms with Crippen molar-refractivity contribution in [3.05, 3.63) is 41.6 Å². The maximum Gasteiger partial charge on any atom is 0.263 e. The van der Waals surface area contributed by atoms with Gasteiger partial charge >= 0.3 is 0 Å². The Bertz CT molecular complexity index is 724. The number of amides is 2. The molecule has 1 aliphatic rings. The quantitative estimate of drug-likeness (QED) is 0.368. The van der Waals surface area contributed by atoms with E-state index in [-0.39, 0.29) is 11.5 Å². The van der Waals surface area contributed by atoms with Gasteiger partial charge in [-0.15, -0.1) is 0 Å². The number of hydrogen-bond acceptors (Lipinski definition) is 5. The zero-order valence-corrected chi connectivity index (χ0v) is 15.7.